The number of rotatable bonds is 4. The zero-order valence-electron chi connectivity index (χ0n) is 15.8. The van der Waals surface area contributed by atoms with Crippen molar-refractivity contribution < 1.29 is 14.3 Å². The Kier molecular flexibility index (Phi) is 4.62. The van der Waals surface area contributed by atoms with Crippen LogP contribution in [0, 0.1) is 5.92 Å². The van der Waals surface area contributed by atoms with Crippen molar-refractivity contribution in [2.45, 2.75) is 64.8 Å². The lowest BCUT2D eigenvalue weighted by atomic mass is 9.94. The second-order valence-electron chi connectivity index (χ2n) is 7.99. The molecule has 2 heterocycles. The predicted molar refractivity (Wildman–Crippen MR) is 95.7 cm³/mol. The Morgan fingerprint density at radius 1 is 1.28 bits per heavy atom. The molecule has 3 rings (SSSR count). The van der Waals surface area contributed by atoms with Crippen molar-refractivity contribution in [1.29, 1.82) is 0 Å². The molecule has 0 spiro atoms. The minimum absolute atomic E-state index is 0.0375. The van der Waals surface area contributed by atoms with Crippen LogP contribution in [0.3, 0.4) is 0 Å². The van der Waals surface area contributed by atoms with Crippen LogP contribution >= 0.6 is 0 Å². The topological polar surface area (TPSA) is 49.9 Å². The maximum atomic E-state index is 13.3. The van der Waals surface area contributed by atoms with Crippen LogP contribution in [-0.4, -0.2) is 46.5 Å². The molecule has 1 aromatic carbocycles. The van der Waals surface area contributed by atoms with Gasteiger partial charge in [-0.05, 0) is 43.7 Å². The largest absolute Gasteiger partial charge is 0.467 e. The van der Waals surface area contributed by atoms with Crippen molar-refractivity contribution >= 4 is 11.9 Å². The van der Waals surface area contributed by atoms with Crippen LogP contribution in [0.2, 0.25) is 0 Å². The summed E-state index contributed by atoms with van der Waals surface area (Å²) < 4.78 is 5.03. The van der Waals surface area contributed by atoms with E-state index in [0.717, 1.165) is 6.54 Å². The molecule has 0 unspecified atom stereocenters. The third kappa shape index (κ3) is 2.95. The second kappa shape index (κ2) is 6.45. The number of benzene rings is 1. The molecule has 5 heteroatoms. The molecule has 136 valence electrons. The van der Waals surface area contributed by atoms with Crippen molar-refractivity contribution in [3.8, 4) is 0 Å². The molecular formula is C20H28N2O3. The average Bonchev–Trinajstić information content (AvgIpc) is 2.76. The molecule has 2 aliphatic heterocycles. The lowest BCUT2D eigenvalue weighted by molar-refractivity contribution is -0.156. The zero-order chi connectivity index (χ0) is 18.4. The molecule has 5 nitrogen and oxygen atoms in total. The van der Waals surface area contributed by atoms with Gasteiger partial charge < -0.3 is 9.64 Å². The highest BCUT2D eigenvalue weighted by molar-refractivity contribution is 5.90. The summed E-state index contributed by atoms with van der Waals surface area (Å²) in [5.74, 6) is 0.00515. The van der Waals surface area contributed by atoms with Crippen molar-refractivity contribution in [3.05, 3.63) is 35.4 Å². The van der Waals surface area contributed by atoms with E-state index in [4.69, 9.17) is 4.74 Å². The zero-order valence-corrected chi connectivity index (χ0v) is 15.8. The normalized spacial score (nSPS) is 23.4. The van der Waals surface area contributed by atoms with E-state index in [9.17, 15) is 9.59 Å². The molecule has 0 aromatic heterocycles. The van der Waals surface area contributed by atoms with Crippen LogP contribution in [0.4, 0.5) is 0 Å². The number of methoxy groups -OCH3 is 1. The number of nitrogens with zero attached hydrogens (tertiary/aromatic N) is 2. The first-order valence-corrected chi connectivity index (χ1v) is 9.02. The molecule has 0 saturated carbocycles. The van der Waals surface area contributed by atoms with Crippen molar-refractivity contribution in [3.63, 3.8) is 0 Å². The van der Waals surface area contributed by atoms with Gasteiger partial charge in [0.2, 0.25) is 5.91 Å². The van der Waals surface area contributed by atoms with E-state index in [1.54, 1.807) is 4.90 Å². The number of fused-ring (bicyclic) bond motifs is 2. The maximum Gasteiger partial charge on any atom is 0.328 e. The Morgan fingerprint density at radius 3 is 2.52 bits per heavy atom. The molecular weight excluding hydrogens is 316 g/mol. The van der Waals surface area contributed by atoms with E-state index >= 15 is 0 Å². The number of ether oxygens (including phenoxy) is 1. The van der Waals surface area contributed by atoms with Gasteiger partial charge in [-0.15, -0.1) is 0 Å². The summed E-state index contributed by atoms with van der Waals surface area (Å²) in [5, 5.41) is 0. The molecule has 2 atom stereocenters. The van der Waals surface area contributed by atoms with Gasteiger partial charge in [-0.3, -0.25) is 9.69 Å². The molecule has 1 amide bonds. The third-order valence-corrected chi connectivity index (χ3v) is 5.54. The number of amides is 1. The van der Waals surface area contributed by atoms with Gasteiger partial charge in [0, 0.05) is 6.54 Å². The molecule has 0 bridgehead atoms. The van der Waals surface area contributed by atoms with Gasteiger partial charge in [0.1, 0.15) is 6.04 Å². The van der Waals surface area contributed by atoms with Crippen LogP contribution in [0.15, 0.2) is 24.3 Å². The molecule has 25 heavy (non-hydrogen) atoms. The summed E-state index contributed by atoms with van der Waals surface area (Å²) in [6, 6.07) is 7.54. The Balaban J connectivity index is 1.97. The number of hydrogen-bond donors (Lipinski definition) is 0. The first kappa shape index (κ1) is 17.9. The summed E-state index contributed by atoms with van der Waals surface area (Å²) in [5.41, 5.74) is 1.97. The molecule has 1 aromatic rings. The summed E-state index contributed by atoms with van der Waals surface area (Å²) >= 11 is 0. The predicted octanol–water partition coefficient (Wildman–Crippen LogP) is 2.58. The van der Waals surface area contributed by atoms with Crippen LogP contribution < -0.4 is 0 Å². The lowest BCUT2D eigenvalue weighted by Crippen LogP contribution is -2.56. The number of carbonyl (C=O) groups excluding carboxylic acids is 2. The fourth-order valence-corrected chi connectivity index (χ4v) is 4.31. The van der Waals surface area contributed by atoms with Gasteiger partial charge in [-0.1, -0.05) is 38.1 Å². The van der Waals surface area contributed by atoms with E-state index in [1.165, 1.54) is 18.2 Å². The lowest BCUT2D eigenvalue weighted by Gasteiger charge is -2.43. The highest BCUT2D eigenvalue weighted by atomic mass is 16.5. The van der Waals surface area contributed by atoms with Gasteiger partial charge in [0.05, 0.1) is 18.8 Å². The molecule has 2 aliphatic rings. The SMILES string of the molecule is COC(=O)[C@H](CC(C)C)N1C(=O)[C@@H]2Cc3ccccc3CN2C1(C)C. The van der Waals surface area contributed by atoms with Crippen LogP contribution in [-0.2, 0) is 27.3 Å². The fourth-order valence-electron chi connectivity index (χ4n) is 4.31. The van der Waals surface area contributed by atoms with Gasteiger partial charge in [-0.2, -0.15) is 0 Å². The molecule has 0 aliphatic carbocycles. The number of esters is 1. The summed E-state index contributed by atoms with van der Waals surface area (Å²) in [6.45, 7) is 8.93. The van der Waals surface area contributed by atoms with Crippen molar-refractivity contribution in [1.82, 2.24) is 9.80 Å². The van der Waals surface area contributed by atoms with Crippen LogP contribution in [0.5, 0.6) is 0 Å². The Bertz CT molecular complexity index is 683. The highest BCUT2D eigenvalue weighted by Crippen LogP contribution is 2.40. The minimum Gasteiger partial charge on any atom is -0.467 e. The second-order valence-corrected chi connectivity index (χ2v) is 7.99. The first-order chi connectivity index (χ1) is 11.8. The molecule has 0 radical (unpaired) electrons. The fraction of sp³-hybridized carbons (Fsp3) is 0.600. The van der Waals surface area contributed by atoms with E-state index in [-0.39, 0.29) is 17.9 Å². The number of carbonyl (C=O) groups is 2. The molecule has 1 fully saturated rings. The van der Waals surface area contributed by atoms with Crippen LogP contribution in [0.1, 0.15) is 45.2 Å². The smallest absolute Gasteiger partial charge is 0.328 e. The Labute approximate surface area is 149 Å². The Hall–Kier alpha value is -1.88. The van der Waals surface area contributed by atoms with Gasteiger partial charge in [0.25, 0.3) is 0 Å². The van der Waals surface area contributed by atoms with Crippen molar-refractivity contribution in [2.24, 2.45) is 5.92 Å². The summed E-state index contributed by atoms with van der Waals surface area (Å²) in [6.07, 6.45) is 1.31. The summed E-state index contributed by atoms with van der Waals surface area (Å²) in [4.78, 5) is 29.7. The first-order valence-electron chi connectivity index (χ1n) is 9.02. The van der Waals surface area contributed by atoms with Crippen LogP contribution in [0.25, 0.3) is 0 Å². The van der Waals surface area contributed by atoms with Gasteiger partial charge >= 0.3 is 5.97 Å². The monoisotopic (exact) mass is 344 g/mol. The third-order valence-electron chi connectivity index (χ3n) is 5.54. The standard InChI is InChI=1S/C20H28N2O3/c1-13(2)10-17(19(24)25-5)22-18(23)16-11-14-8-6-7-9-15(14)12-21(16)20(22,3)4/h6-9,13,16-17H,10-12H2,1-5H3/t16-,17-/m0/s1. The summed E-state index contributed by atoms with van der Waals surface area (Å²) in [7, 11) is 1.40. The van der Waals surface area contributed by atoms with Crippen molar-refractivity contribution in [2.75, 3.05) is 7.11 Å². The quantitative estimate of drug-likeness (QED) is 0.788. The van der Waals surface area contributed by atoms with E-state index in [0.29, 0.717) is 18.8 Å². The average molecular weight is 344 g/mol. The van der Waals surface area contributed by atoms with E-state index < -0.39 is 11.7 Å². The van der Waals surface area contributed by atoms with E-state index in [2.05, 4.69) is 30.9 Å². The molecule has 0 N–H and O–H groups in total. The highest BCUT2D eigenvalue weighted by Gasteiger charge is 2.56. The maximum absolute atomic E-state index is 13.3. The van der Waals surface area contributed by atoms with Gasteiger partial charge in [0.15, 0.2) is 0 Å². The molecule has 1 saturated heterocycles. The van der Waals surface area contributed by atoms with Gasteiger partial charge in [-0.25, -0.2) is 4.79 Å². The minimum atomic E-state index is -0.541. The van der Waals surface area contributed by atoms with E-state index in [1.807, 2.05) is 26.0 Å². The Morgan fingerprint density at radius 2 is 1.92 bits per heavy atom. The number of hydrogen-bond acceptors (Lipinski definition) is 4.